The van der Waals surface area contributed by atoms with Gasteiger partial charge in [0.15, 0.2) is 6.10 Å². The molecule has 0 saturated heterocycles. The Kier molecular flexibility index (Phi) is 4.77. The van der Waals surface area contributed by atoms with Crippen LogP contribution in [0.25, 0.3) is 0 Å². The monoisotopic (exact) mass is 286 g/mol. The molecule has 2 N–H and O–H groups in total. The summed E-state index contributed by atoms with van der Waals surface area (Å²) in [6.07, 6.45) is 0.782. The maximum atomic E-state index is 11.9. The summed E-state index contributed by atoms with van der Waals surface area (Å²) >= 11 is 0. The molecular formula is C16H18N2O3. The van der Waals surface area contributed by atoms with E-state index >= 15 is 0 Å². The fourth-order valence-electron chi connectivity index (χ4n) is 1.77. The molecule has 0 aliphatic carbocycles. The Morgan fingerprint density at radius 1 is 1.24 bits per heavy atom. The van der Waals surface area contributed by atoms with Crippen molar-refractivity contribution in [3.63, 3.8) is 0 Å². The van der Waals surface area contributed by atoms with Crippen LogP contribution in [0.3, 0.4) is 0 Å². The molecule has 0 radical (unpaired) electrons. The molecule has 0 spiro atoms. The minimum absolute atomic E-state index is 0.324. The van der Waals surface area contributed by atoms with Crippen molar-refractivity contribution >= 4 is 11.9 Å². The van der Waals surface area contributed by atoms with Crippen molar-refractivity contribution in [1.29, 1.82) is 0 Å². The van der Waals surface area contributed by atoms with E-state index in [1.54, 1.807) is 25.3 Å². The van der Waals surface area contributed by atoms with Gasteiger partial charge in [-0.3, -0.25) is 4.79 Å². The second-order valence-corrected chi connectivity index (χ2v) is 4.83. The Hall–Kier alpha value is -2.56. The topological polar surface area (TPSA) is 71.2 Å². The second-order valence-electron chi connectivity index (χ2n) is 4.83. The van der Waals surface area contributed by atoms with Crippen molar-refractivity contribution in [2.24, 2.45) is 0 Å². The molecule has 1 aromatic heterocycles. The molecule has 0 fully saturated rings. The van der Waals surface area contributed by atoms with Gasteiger partial charge in [-0.05, 0) is 31.5 Å². The van der Waals surface area contributed by atoms with Gasteiger partial charge in [-0.1, -0.05) is 29.8 Å². The molecule has 5 heteroatoms. The number of aromatic nitrogens is 1. The van der Waals surface area contributed by atoms with E-state index in [0.717, 1.165) is 5.56 Å². The van der Waals surface area contributed by atoms with Crippen molar-refractivity contribution in [2.75, 3.05) is 0 Å². The first-order valence-corrected chi connectivity index (χ1v) is 6.74. The van der Waals surface area contributed by atoms with Crippen LogP contribution in [0, 0.1) is 6.92 Å². The molecule has 0 aliphatic heterocycles. The van der Waals surface area contributed by atoms with Gasteiger partial charge in [0, 0.05) is 12.7 Å². The highest BCUT2D eigenvalue weighted by Gasteiger charge is 2.18. The molecule has 2 aromatic rings. The van der Waals surface area contributed by atoms with Crippen LogP contribution in [0.1, 0.15) is 28.5 Å². The molecule has 0 aliphatic rings. The summed E-state index contributed by atoms with van der Waals surface area (Å²) in [6, 6.07) is 11.2. The van der Waals surface area contributed by atoms with Gasteiger partial charge in [-0.25, -0.2) is 4.79 Å². The molecule has 1 heterocycles. The van der Waals surface area contributed by atoms with Crippen LogP contribution < -0.4 is 5.32 Å². The first-order valence-electron chi connectivity index (χ1n) is 6.74. The van der Waals surface area contributed by atoms with Crippen LogP contribution in [0.15, 0.2) is 42.6 Å². The summed E-state index contributed by atoms with van der Waals surface area (Å²) in [6.45, 7) is 3.96. The molecular weight excluding hydrogens is 268 g/mol. The summed E-state index contributed by atoms with van der Waals surface area (Å²) in [5.41, 5.74) is 2.49. The van der Waals surface area contributed by atoms with Crippen LogP contribution in [0.5, 0.6) is 0 Å². The number of nitrogens with one attached hydrogen (secondary N) is 2. The van der Waals surface area contributed by atoms with Gasteiger partial charge in [-0.2, -0.15) is 0 Å². The number of benzene rings is 1. The Bertz CT molecular complexity index is 603. The standard InChI is InChI=1S/C16H18N2O3/c1-11-5-7-13(8-6-11)10-18-15(19)12(2)21-16(20)14-4-3-9-17-14/h3-9,12,17H,10H2,1-2H3,(H,18,19)/t12-/m0/s1. The first-order chi connectivity index (χ1) is 10.1. The number of aromatic amines is 1. The lowest BCUT2D eigenvalue weighted by Gasteiger charge is -2.13. The van der Waals surface area contributed by atoms with Gasteiger partial charge >= 0.3 is 5.97 Å². The highest BCUT2D eigenvalue weighted by Crippen LogP contribution is 2.04. The van der Waals surface area contributed by atoms with Crippen molar-refractivity contribution in [1.82, 2.24) is 10.3 Å². The van der Waals surface area contributed by atoms with Crippen molar-refractivity contribution in [3.05, 3.63) is 59.4 Å². The molecule has 0 saturated carbocycles. The average molecular weight is 286 g/mol. The van der Waals surface area contributed by atoms with Crippen molar-refractivity contribution in [3.8, 4) is 0 Å². The van der Waals surface area contributed by atoms with E-state index in [0.29, 0.717) is 12.2 Å². The van der Waals surface area contributed by atoms with Crippen LogP contribution in [-0.2, 0) is 16.1 Å². The fourth-order valence-corrected chi connectivity index (χ4v) is 1.77. The minimum Gasteiger partial charge on any atom is -0.448 e. The predicted octanol–water partition coefficient (Wildman–Crippen LogP) is 2.18. The lowest BCUT2D eigenvalue weighted by Crippen LogP contribution is -2.35. The Balaban J connectivity index is 1.82. The molecule has 1 aromatic carbocycles. The molecule has 1 amide bonds. The molecule has 0 bridgehead atoms. The molecule has 21 heavy (non-hydrogen) atoms. The van der Waals surface area contributed by atoms with Crippen molar-refractivity contribution in [2.45, 2.75) is 26.5 Å². The summed E-state index contributed by atoms with van der Waals surface area (Å²) in [5.74, 6) is -0.867. The number of aryl methyl sites for hydroxylation is 1. The largest absolute Gasteiger partial charge is 0.448 e. The van der Waals surface area contributed by atoms with Gasteiger partial charge in [0.1, 0.15) is 5.69 Å². The molecule has 110 valence electrons. The number of amides is 1. The fraction of sp³-hybridized carbons (Fsp3) is 0.250. The van der Waals surface area contributed by atoms with Crippen molar-refractivity contribution < 1.29 is 14.3 Å². The number of esters is 1. The van der Waals surface area contributed by atoms with E-state index in [-0.39, 0.29) is 5.91 Å². The predicted molar refractivity (Wildman–Crippen MR) is 78.7 cm³/mol. The normalized spacial score (nSPS) is 11.7. The van der Waals surface area contributed by atoms with Crippen LogP contribution >= 0.6 is 0 Å². The number of H-pyrrole nitrogens is 1. The summed E-state index contributed by atoms with van der Waals surface area (Å²) in [4.78, 5) is 26.3. The van der Waals surface area contributed by atoms with Gasteiger partial charge in [0.05, 0.1) is 0 Å². The summed E-state index contributed by atoms with van der Waals surface area (Å²) < 4.78 is 5.08. The van der Waals surface area contributed by atoms with E-state index in [4.69, 9.17) is 4.74 Å². The number of carbonyl (C=O) groups is 2. The van der Waals surface area contributed by atoms with E-state index in [1.807, 2.05) is 31.2 Å². The maximum absolute atomic E-state index is 11.9. The number of hydrogen-bond acceptors (Lipinski definition) is 3. The number of carbonyl (C=O) groups excluding carboxylic acids is 2. The molecule has 1 atom stereocenters. The van der Waals surface area contributed by atoms with Crippen LogP contribution in [0.2, 0.25) is 0 Å². The third kappa shape index (κ3) is 4.21. The number of rotatable bonds is 5. The van der Waals surface area contributed by atoms with Gasteiger partial charge in [0.2, 0.25) is 0 Å². The zero-order valence-corrected chi connectivity index (χ0v) is 12.1. The van der Waals surface area contributed by atoms with Gasteiger partial charge in [-0.15, -0.1) is 0 Å². The van der Waals surface area contributed by atoms with E-state index in [9.17, 15) is 9.59 Å². The Morgan fingerprint density at radius 3 is 2.57 bits per heavy atom. The summed E-state index contributed by atoms with van der Waals surface area (Å²) in [5, 5.41) is 2.74. The van der Waals surface area contributed by atoms with E-state index in [2.05, 4.69) is 10.3 Å². The zero-order valence-electron chi connectivity index (χ0n) is 12.1. The zero-order chi connectivity index (χ0) is 15.2. The second kappa shape index (κ2) is 6.74. The first kappa shape index (κ1) is 14.8. The third-order valence-electron chi connectivity index (χ3n) is 3.06. The minimum atomic E-state index is -0.841. The van der Waals surface area contributed by atoms with Crippen LogP contribution in [-0.4, -0.2) is 23.0 Å². The number of hydrogen-bond donors (Lipinski definition) is 2. The molecule has 2 rings (SSSR count). The van der Waals surface area contributed by atoms with E-state index in [1.165, 1.54) is 5.56 Å². The molecule has 0 unspecified atom stereocenters. The highest BCUT2D eigenvalue weighted by atomic mass is 16.5. The quantitative estimate of drug-likeness (QED) is 0.828. The smallest absolute Gasteiger partial charge is 0.355 e. The maximum Gasteiger partial charge on any atom is 0.355 e. The van der Waals surface area contributed by atoms with Gasteiger partial charge in [0.25, 0.3) is 5.91 Å². The van der Waals surface area contributed by atoms with Gasteiger partial charge < -0.3 is 15.0 Å². The SMILES string of the molecule is Cc1ccc(CNC(=O)[C@H](C)OC(=O)c2ccc[nH]2)cc1. The molecule has 5 nitrogen and oxygen atoms in total. The Labute approximate surface area is 123 Å². The average Bonchev–Trinajstić information content (AvgIpc) is 3.00. The Morgan fingerprint density at radius 2 is 1.95 bits per heavy atom. The lowest BCUT2D eigenvalue weighted by atomic mass is 10.1. The third-order valence-corrected chi connectivity index (χ3v) is 3.06. The number of ether oxygens (including phenoxy) is 1. The summed E-state index contributed by atoms with van der Waals surface area (Å²) in [7, 11) is 0. The highest BCUT2D eigenvalue weighted by molar-refractivity contribution is 5.90. The van der Waals surface area contributed by atoms with E-state index < -0.39 is 12.1 Å². The lowest BCUT2D eigenvalue weighted by molar-refractivity contribution is -0.129. The van der Waals surface area contributed by atoms with Crippen LogP contribution in [0.4, 0.5) is 0 Å².